The van der Waals surface area contributed by atoms with Gasteiger partial charge < -0.3 is 20.8 Å². The van der Waals surface area contributed by atoms with Gasteiger partial charge in [0.25, 0.3) is 0 Å². The van der Waals surface area contributed by atoms with Gasteiger partial charge in [0.15, 0.2) is 0 Å². The summed E-state index contributed by atoms with van der Waals surface area (Å²) >= 11 is 0. The normalized spacial score (nSPS) is 10.4. The summed E-state index contributed by atoms with van der Waals surface area (Å²) in [5.74, 6) is 2.11. The molecule has 0 aliphatic carbocycles. The molecule has 0 fully saturated rings. The van der Waals surface area contributed by atoms with Crippen molar-refractivity contribution in [1.82, 2.24) is 9.97 Å². The molecule has 6 nitrogen and oxygen atoms in total. The Morgan fingerprint density at radius 1 is 1.35 bits per heavy atom. The number of nitrogens with two attached hydrogens (primary N) is 2. The van der Waals surface area contributed by atoms with Crippen LogP contribution in [0.4, 0.5) is 17.6 Å². The molecular weight excluding hydrogens is 218 g/mol. The van der Waals surface area contributed by atoms with Gasteiger partial charge in [-0.15, -0.1) is 0 Å². The van der Waals surface area contributed by atoms with Crippen molar-refractivity contribution in [1.29, 1.82) is 0 Å². The first-order chi connectivity index (χ1) is 8.19. The van der Waals surface area contributed by atoms with Crippen molar-refractivity contribution in [2.75, 3.05) is 22.9 Å². The molecule has 0 unspecified atom stereocenters. The molecule has 0 saturated carbocycles. The highest BCUT2D eigenvalue weighted by atomic mass is 16.3. The van der Waals surface area contributed by atoms with Crippen LogP contribution < -0.4 is 16.4 Å². The van der Waals surface area contributed by atoms with Crippen molar-refractivity contribution in [3.05, 3.63) is 30.2 Å². The number of anilines is 3. The van der Waals surface area contributed by atoms with E-state index in [4.69, 9.17) is 15.9 Å². The van der Waals surface area contributed by atoms with Crippen LogP contribution in [0.5, 0.6) is 0 Å². The van der Waals surface area contributed by atoms with E-state index in [1.807, 2.05) is 24.0 Å². The van der Waals surface area contributed by atoms with Crippen molar-refractivity contribution in [3.8, 4) is 0 Å². The Labute approximate surface area is 99.3 Å². The van der Waals surface area contributed by atoms with Gasteiger partial charge in [-0.2, -0.15) is 9.97 Å². The zero-order valence-electron chi connectivity index (χ0n) is 9.63. The number of nitrogen functional groups attached to an aromatic ring is 2. The van der Waals surface area contributed by atoms with Gasteiger partial charge in [0.05, 0.1) is 12.8 Å². The molecule has 2 heterocycles. The maximum absolute atomic E-state index is 5.64. The van der Waals surface area contributed by atoms with Crippen LogP contribution in [0.3, 0.4) is 0 Å². The quantitative estimate of drug-likeness (QED) is 0.825. The lowest BCUT2D eigenvalue weighted by Gasteiger charge is -2.20. The molecule has 4 N–H and O–H groups in total. The highest BCUT2D eigenvalue weighted by molar-refractivity contribution is 5.50. The van der Waals surface area contributed by atoms with Gasteiger partial charge in [0.1, 0.15) is 17.4 Å². The Kier molecular flexibility index (Phi) is 3.13. The molecule has 0 radical (unpaired) electrons. The average Bonchev–Trinajstić information content (AvgIpc) is 2.77. The minimum absolute atomic E-state index is 0.179. The van der Waals surface area contributed by atoms with Gasteiger partial charge in [0, 0.05) is 12.6 Å². The summed E-state index contributed by atoms with van der Waals surface area (Å²) in [7, 11) is 0. The third-order valence-electron chi connectivity index (χ3n) is 2.38. The van der Waals surface area contributed by atoms with Crippen LogP contribution in [0.2, 0.25) is 0 Å². The molecular formula is C11H15N5O. The lowest BCUT2D eigenvalue weighted by Crippen LogP contribution is -2.23. The van der Waals surface area contributed by atoms with E-state index in [1.165, 1.54) is 0 Å². The lowest BCUT2D eigenvalue weighted by molar-refractivity contribution is 0.503. The smallest absolute Gasteiger partial charge is 0.223 e. The standard InChI is InChI=1S/C11H15N5O/c1-2-16(7-8-4-3-5-17-8)10-6-9(12)14-11(13)15-10/h3-6H,2,7H2,1H3,(H4,12,13,14,15). The fourth-order valence-electron chi connectivity index (χ4n) is 1.58. The summed E-state index contributed by atoms with van der Waals surface area (Å²) in [6.45, 7) is 3.42. The minimum atomic E-state index is 0.179. The van der Waals surface area contributed by atoms with Crippen LogP contribution in [0.1, 0.15) is 12.7 Å². The summed E-state index contributed by atoms with van der Waals surface area (Å²) in [6, 6.07) is 5.46. The fraction of sp³-hybridized carbons (Fsp3) is 0.273. The number of hydrogen-bond donors (Lipinski definition) is 2. The molecule has 17 heavy (non-hydrogen) atoms. The fourth-order valence-corrected chi connectivity index (χ4v) is 1.58. The van der Waals surface area contributed by atoms with Crippen LogP contribution in [0.15, 0.2) is 28.9 Å². The van der Waals surface area contributed by atoms with E-state index in [-0.39, 0.29) is 5.95 Å². The average molecular weight is 233 g/mol. The van der Waals surface area contributed by atoms with E-state index in [9.17, 15) is 0 Å². The van der Waals surface area contributed by atoms with Crippen LogP contribution in [0, 0.1) is 0 Å². The number of nitrogens with zero attached hydrogens (tertiary/aromatic N) is 3. The van der Waals surface area contributed by atoms with Crippen molar-refractivity contribution in [2.45, 2.75) is 13.5 Å². The molecule has 0 atom stereocenters. The summed E-state index contributed by atoms with van der Waals surface area (Å²) in [4.78, 5) is 10.0. The molecule has 0 amide bonds. The summed E-state index contributed by atoms with van der Waals surface area (Å²) in [6.07, 6.45) is 1.64. The molecule has 0 spiro atoms. The Morgan fingerprint density at radius 2 is 2.18 bits per heavy atom. The molecule has 0 aliphatic rings. The van der Waals surface area contributed by atoms with Crippen LogP contribution in [0.25, 0.3) is 0 Å². The Hall–Kier alpha value is -2.24. The zero-order chi connectivity index (χ0) is 12.3. The minimum Gasteiger partial charge on any atom is -0.467 e. The molecule has 6 heteroatoms. The second-order valence-electron chi connectivity index (χ2n) is 3.60. The van der Waals surface area contributed by atoms with Crippen molar-refractivity contribution >= 4 is 17.6 Å². The first-order valence-corrected chi connectivity index (χ1v) is 5.36. The molecule has 2 aromatic heterocycles. The molecule has 0 saturated heterocycles. The maximum atomic E-state index is 5.64. The highest BCUT2D eigenvalue weighted by Crippen LogP contribution is 2.17. The monoisotopic (exact) mass is 233 g/mol. The van der Waals surface area contributed by atoms with Gasteiger partial charge in [-0.3, -0.25) is 0 Å². The SMILES string of the molecule is CCN(Cc1ccco1)c1cc(N)nc(N)n1. The zero-order valence-corrected chi connectivity index (χ0v) is 9.63. The van der Waals surface area contributed by atoms with Crippen molar-refractivity contribution in [3.63, 3.8) is 0 Å². The van der Waals surface area contributed by atoms with Crippen LogP contribution >= 0.6 is 0 Å². The molecule has 0 aliphatic heterocycles. The second-order valence-corrected chi connectivity index (χ2v) is 3.60. The van der Waals surface area contributed by atoms with Crippen molar-refractivity contribution < 1.29 is 4.42 Å². The first-order valence-electron chi connectivity index (χ1n) is 5.36. The third-order valence-corrected chi connectivity index (χ3v) is 2.38. The van der Waals surface area contributed by atoms with E-state index in [1.54, 1.807) is 12.3 Å². The number of hydrogen-bond acceptors (Lipinski definition) is 6. The highest BCUT2D eigenvalue weighted by Gasteiger charge is 2.10. The van der Waals surface area contributed by atoms with Gasteiger partial charge in [0.2, 0.25) is 5.95 Å². The van der Waals surface area contributed by atoms with Crippen LogP contribution in [-0.4, -0.2) is 16.5 Å². The second kappa shape index (κ2) is 4.73. The lowest BCUT2D eigenvalue weighted by atomic mass is 10.3. The van der Waals surface area contributed by atoms with E-state index < -0.39 is 0 Å². The summed E-state index contributed by atoms with van der Waals surface area (Å²) in [5, 5.41) is 0. The van der Waals surface area contributed by atoms with Gasteiger partial charge in [-0.05, 0) is 19.1 Å². The van der Waals surface area contributed by atoms with Gasteiger partial charge in [-0.1, -0.05) is 0 Å². The molecule has 2 aromatic rings. The first kappa shape index (κ1) is 11.3. The van der Waals surface area contributed by atoms with E-state index >= 15 is 0 Å². The Morgan fingerprint density at radius 3 is 2.76 bits per heavy atom. The third kappa shape index (κ3) is 2.66. The predicted molar refractivity (Wildman–Crippen MR) is 66.3 cm³/mol. The van der Waals surface area contributed by atoms with E-state index in [2.05, 4.69) is 9.97 Å². The van der Waals surface area contributed by atoms with E-state index in [0.29, 0.717) is 18.2 Å². The molecule has 90 valence electrons. The molecule has 0 bridgehead atoms. The van der Waals surface area contributed by atoms with Gasteiger partial charge >= 0.3 is 0 Å². The van der Waals surface area contributed by atoms with Gasteiger partial charge in [-0.25, -0.2) is 0 Å². The summed E-state index contributed by atoms with van der Waals surface area (Å²) in [5.41, 5.74) is 11.2. The summed E-state index contributed by atoms with van der Waals surface area (Å²) < 4.78 is 5.30. The number of aromatic nitrogens is 2. The molecule has 0 aromatic carbocycles. The predicted octanol–water partition coefficient (Wildman–Crippen LogP) is 1.26. The molecule has 2 rings (SSSR count). The topological polar surface area (TPSA) is 94.2 Å². The largest absolute Gasteiger partial charge is 0.467 e. The number of furan rings is 1. The van der Waals surface area contributed by atoms with Crippen molar-refractivity contribution in [2.24, 2.45) is 0 Å². The van der Waals surface area contributed by atoms with Crippen LogP contribution in [-0.2, 0) is 6.54 Å². The van der Waals surface area contributed by atoms with E-state index in [0.717, 1.165) is 12.3 Å². The Balaban J connectivity index is 2.22. The Bertz CT molecular complexity index is 462. The number of rotatable bonds is 4. The maximum Gasteiger partial charge on any atom is 0.223 e.